The molecular weight excluding hydrogens is 294 g/mol. The zero-order chi connectivity index (χ0) is 14.5. The molecular formula is C14H14ClN3OS. The molecule has 0 radical (unpaired) electrons. The summed E-state index contributed by atoms with van der Waals surface area (Å²) in [5.41, 5.74) is 8.18. The fourth-order valence-corrected chi connectivity index (χ4v) is 2.06. The van der Waals surface area contributed by atoms with E-state index in [0.29, 0.717) is 22.4 Å². The fourth-order valence-electron chi connectivity index (χ4n) is 1.68. The third-order valence-corrected chi connectivity index (χ3v) is 3.29. The van der Waals surface area contributed by atoms with Gasteiger partial charge in [-0.2, -0.15) is 0 Å². The molecule has 1 heterocycles. The van der Waals surface area contributed by atoms with Crippen LogP contribution < -0.4 is 15.8 Å². The van der Waals surface area contributed by atoms with E-state index in [-0.39, 0.29) is 0 Å². The molecule has 0 saturated heterocycles. The molecule has 4 nitrogen and oxygen atoms in total. The first-order valence-electron chi connectivity index (χ1n) is 5.92. The number of halogens is 1. The van der Waals surface area contributed by atoms with Crippen LogP contribution in [0.15, 0.2) is 36.5 Å². The lowest BCUT2D eigenvalue weighted by molar-refractivity contribution is 0.397. The lowest BCUT2D eigenvalue weighted by atomic mass is 10.2. The van der Waals surface area contributed by atoms with Crippen LogP contribution in [0.2, 0.25) is 5.02 Å². The number of ether oxygens (including phenoxy) is 1. The van der Waals surface area contributed by atoms with Gasteiger partial charge in [-0.05, 0) is 29.8 Å². The van der Waals surface area contributed by atoms with Crippen molar-refractivity contribution < 1.29 is 4.74 Å². The number of anilines is 1. The first kappa shape index (κ1) is 14.6. The Morgan fingerprint density at radius 1 is 1.40 bits per heavy atom. The van der Waals surface area contributed by atoms with Crippen LogP contribution in [0.3, 0.4) is 0 Å². The highest BCUT2D eigenvalue weighted by Crippen LogP contribution is 2.24. The van der Waals surface area contributed by atoms with Crippen molar-refractivity contribution in [2.75, 3.05) is 12.4 Å². The Morgan fingerprint density at radius 3 is 2.85 bits per heavy atom. The van der Waals surface area contributed by atoms with Gasteiger partial charge in [0.05, 0.1) is 17.8 Å². The fraction of sp³-hybridized carbons (Fsp3) is 0.143. The standard InChI is InChI=1S/C14H14ClN3OS/c1-19-13-6-9(4-5-17-13)8-18-12-3-2-10(14(16)20)7-11(12)15/h2-7,18H,8H2,1H3,(H2,16,20). The molecule has 0 saturated carbocycles. The molecule has 104 valence electrons. The predicted molar refractivity (Wildman–Crippen MR) is 85.5 cm³/mol. The molecule has 20 heavy (non-hydrogen) atoms. The van der Waals surface area contributed by atoms with Crippen LogP contribution in [0.5, 0.6) is 5.88 Å². The number of hydrogen-bond acceptors (Lipinski definition) is 4. The average molecular weight is 308 g/mol. The van der Waals surface area contributed by atoms with Gasteiger partial charge in [0.25, 0.3) is 0 Å². The van der Waals surface area contributed by atoms with Gasteiger partial charge < -0.3 is 15.8 Å². The van der Waals surface area contributed by atoms with Gasteiger partial charge in [-0.15, -0.1) is 0 Å². The average Bonchev–Trinajstić information content (AvgIpc) is 2.46. The third-order valence-electron chi connectivity index (χ3n) is 2.74. The molecule has 0 amide bonds. The first-order chi connectivity index (χ1) is 9.60. The van der Waals surface area contributed by atoms with Crippen molar-refractivity contribution in [1.82, 2.24) is 4.98 Å². The summed E-state index contributed by atoms with van der Waals surface area (Å²) in [5, 5.41) is 3.83. The highest BCUT2D eigenvalue weighted by molar-refractivity contribution is 7.80. The number of thiocarbonyl (C=S) groups is 1. The number of rotatable bonds is 5. The van der Waals surface area contributed by atoms with E-state index in [1.165, 1.54) is 0 Å². The summed E-state index contributed by atoms with van der Waals surface area (Å²) in [5.74, 6) is 0.583. The maximum atomic E-state index is 6.18. The highest BCUT2D eigenvalue weighted by atomic mass is 35.5. The molecule has 3 N–H and O–H groups in total. The summed E-state index contributed by atoms with van der Waals surface area (Å²) in [6.45, 7) is 0.616. The minimum atomic E-state index is 0.331. The number of benzene rings is 1. The number of nitrogens with zero attached hydrogens (tertiary/aromatic N) is 1. The smallest absolute Gasteiger partial charge is 0.213 e. The Bertz CT molecular complexity index is 634. The molecule has 6 heteroatoms. The molecule has 0 unspecified atom stereocenters. The number of pyridine rings is 1. The van der Waals surface area contributed by atoms with Crippen LogP contribution in [0.4, 0.5) is 5.69 Å². The number of nitrogens with two attached hydrogens (primary N) is 1. The summed E-state index contributed by atoms with van der Waals surface area (Å²) in [6.07, 6.45) is 1.70. The van der Waals surface area contributed by atoms with Gasteiger partial charge in [-0.3, -0.25) is 0 Å². The molecule has 0 spiro atoms. The Morgan fingerprint density at radius 2 is 2.20 bits per heavy atom. The molecule has 0 fully saturated rings. The van der Waals surface area contributed by atoms with Crippen LogP contribution in [0.1, 0.15) is 11.1 Å². The van der Waals surface area contributed by atoms with Crippen molar-refractivity contribution in [3.8, 4) is 5.88 Å². The second-order valence-electron chi connectivity index (χ2n) is 4.12. The topological polar surface area (TPSA) is 60.2 Å². The Balaban J connectivity index is 2.08. The summed E-state index contributed by atoms with van der Waals surface area (Å²) in [6, 6.07) is 9.22. The van der Waals surface area contributed by atoms with E-state index in [2.05, 4.69) is 10.3 Å². The second-order valence-corrected chi connectivity index (χ2v) is 4.97. The first-order valence-corrected chi connectivity index (χ1v) is 6.71. The summed E-state index contributed by atoms with van der Waals surface area (Å²) >= 11 is 11.1. The van der Waals surface area contributed by atoms with Gasteiger partial charge in [0.2, 0.25) is 5.88 Å². The number of hydrogen-bond donors (Lipinski definition) is 2. The number of nitrogens with one attached hydrogen (secondary N) is 1. The molecule has 0 aliphatic carbocycles. The van der Waals surface area contributed by atoms with E-state index in [1.807, 2.05) is 24.3 Å². The van der Waals surface area contributed by atoms with E-state index in [4.69, 9.17) is 34.3 Å². The van der Waals surface area contributed by atoms with Gasteiger partial charge in [0, 0.05) is 24.4 Å². The summed E-state index contributed by atoms with van der Waals surface area (Å²) in [4.78, 5) is 4.39. The van der Waals surface area contributed by atoms with Crippen LogP contribution in [0, 0.1) is 0 Å². The molecule has 0 aliphatic rings. The van der Waals surface area contributed by atoms with E-state index >= 15 is 0 Å². The predicted octanol–water partition coefficient (Wildman–Crippen LogP) is 2.99. The third kappa shape index (κ3) is 3.59. The van der Waals surface area contributed by atoms with Gasteiger partial charge in [-0.25, -0.2) is 4.98 Å². The van der Waals surface area contributed by atoms with Crippen LogP contribution in [-0.2, 0) is 6.54 Å². The Labute approximate surface area is 127 Å². The van der Waals surface area contributed by atoms with Gasteiger partial charge >= 0.3 is 0 Å². The van der Waals surface area contributed by atoms with Crippen molar-refractivity contribution in [2.45, 2.75) is 6.54 Å². The quantitative estimate of drug-likeness (QED) is 0.832. The van der Waals surface area contributed by atoms with Gasteiger partial charge in [0.15, 0.2) is 0 Å². The van der Waals surface area contributed by atoms with Crippen LogP contribution >= 0.6 is 23.8 Å². The van der Waals surface area contributed by atoms with Gasteiger partial charge in [0.1, 0.15) is 4.99 Å². The van der Waals surface area contributed by atoms with E-state index < -0.39 is 0 Å². The zero-order valence-electron chi connectivity index (χ0n) is 10.9. The highest BCUT2D eigenvalue weighted by Gasteiger charge is 2.04. The maximum absolute atomic E-state index is 6.18. The molecule has 0 atom stereocenters. The second kappa shape index (κ2) is 6.54. The molecule has 1 aromatic carbocycles. The van der Waals surface area contributed by atoms with Crippen LogP contribution in [-0.4, -0.2) is 17.1 Å². The molecule has 2 aromatic rings. The van der Waals surface area contributed by atoms with Crippen LogP contribution in [0.25, 0.3) is 0 Å². The molecule has 0 bridgehead atoms. The molecule has 1 aromatic heterocycles. The van der Waals surface area contributed by atoms with E-state index in [9.17, 15) is 0 Å². The SMILES string of the molecule is COc1cc(CNc2ccc(C(N)=S)cc2Cl)ccn1. The minimum absolute atomic E-state index is 0.331. The minimum Gasteiger partial charge on any atom is -0.481 e. The van der Waals surface area contributed by atoms with Gasteiger partial charge in [-0.1, -0.05) is 23.8 Å². The normalized spacial score (nSPS) is 10.1. The van der Waals surface area contributed by atoms with Crippen molar-refractivity contribution in [1.29, 1.82) is 0 Å². The Hall–Kier alpha value is -1.85. The summed E-state index contributed by atoms with van der Waals surface area (Å²) < 4.78 is 5.08. The number of methoxy groups -OCH3 is 1. The monoisotopic (exact) mass is 307 g/mol. The number of aromatic nitrogens is 1. The van der Waals surface area contributed by atoms with Crippen molar-refractivity contribution >= 4 is 34.5 Å². The van der Waals surface area contributed by atoms with Crippen molar-refractivity contribution in [2.24, 2.45) is 5.73 Å². The summed E-state index contributed by atoms with van der Waals surface area (Å²) in [7, 11) is 1.59. The molecule has 2 rings (SSSR count). The maximum Gasteiger partial charge on any atom is 0.213 e. The van der Waals surface area contributed by atoms with E-state index in [0.717, 1.165) is 16.8 Å². The lowest BCUT2D eigenvalue weighted by Crippen LogP contribution is -2.09. The van der Waals surface area contributed by atoms with E-state index in [1.54, 1.807) is 19.4 Å². The Kier molecular flexibility index (Phi) is 4.76. The molecule has 0 aliphatic heterocycles. The largest absolute Gasteiger partial charge is 0.481 e. The zero-order valence-corrected chi connectivity index (χ0v) is 12.5. The van der Waals surface area contributed by atoms with Crippen molar-refractivity contribution in [3.05, 3.63) is 52.7 Å². The lowest BCUT2D eigenvalue weighted by Gasteiger charge is -2.10. The van der Waals surface area contributed by atoms with Crippen molar-refractivity contribution in [3.63, 3.8) is 0 Å².